The van der Waals surface area contributed by atoms with Crippen molar-refractivity contribution < 1.29 is 23.9 Å². The second-order valence-corrected chi connectivity index (χ2v) is 8.15. The van der Waals surface area contributed by atoms with Gasteiger partial charge in [0.15, 0.2) is 0 Å². The van der Waals surface area contributed by atoms with Gasteiger partial charge in [-0.3, -0.25) is 14.4 Å². The third-order valence-corrected chi connectivity index (χ3v) is 5.32. The molecule has 1 aliphatic rings. The third kappa shape index (κ3) is 4.84. The molecule has 4 rings (SSSR count). The topological polar surface area (TPSA) is 84.9 Å². The maximum Gasteiger partial charge on any atom is 0.266 e. The molecule has 7 nitrogen and oxygen atoms in total. The Labute approximate surface area is 198 Å². The van der Waals surface area contributed by atoms with Crippen LogP contribution >= 0.6 is 0 Å². The predicted octanol–water partition coefficient (Wildman–Crippen LogP) is 5.06. The van der Waals surface area contributed by atoms with Crippen LogP contribution in [0.2, 0.25) is 0 Å². The summed E-state index contributed by atoms with van der Waals surface area (Å²) in [5.74, 6) is -0.605. The van der Waals surface area contributed by atoms with Crippen molar-refractivity contribution in [2.24, 2.45) is 0 Å². The summed E-state index contributed by atoms with van der Waals surface area (Å²) in [4.78, 5) is 39.9. The molecule has 1 N–H and O–H groups in total. The fourth-order valence-electron chi connectivity index (χ4n) is 3.68. The quantitative estimate of drug-likeness (QED) is 0.477. The molecule has 0 saturated carbocycles. The first kappa shape index (κ1) is 23.2. The maximum absolute atomic E-state index is 13.1. The number of carbonyl (C=O) groups excluding carboxylic acids is 3. The highest BCUT2D eigenvalue weighted by Gasteiger charge is 2.37. The van der Waals surface area contributed by atoms with E-state index < -0.39 is 11.8 Å². The molecule has 0 bridgehead atoms. The summed E-state index contributed by atoms with van der Waals surface area (Å²) in [6, 6.07) is 18.7. The van der Waals surface area contributed by atoms with E-state index >= 15 is 0 Å². The number of benzene rings is 3. The summed E-state index contributed by atoms with van der Waals surface area (Å²) in [7, 11) is 0. The number of hydrogen-bond acceptors (Lipinski definition) is 5. The number of hydrogen-bond donors (Lipinski definition) is 1. The van der Waals surface area contributed by atoms with Gasteiger partial charge >= 0.3 is 0 Å². The number of imide groups is 1. The first-order valence-electron chi connectivity index (χ1n) is 11.1. The number of amides is 3. The molecule has 0 aliphatic carbocycles. The summed E-state index contributed by atoms with van der Waals surface area (Å²) in [5.41, 5.74) is 2.76. The molecule has 3 aromatic carbocycles. The van der Waals surface area contributed by atoms with E-state index in [0.29, 0.717) is 30.3 Å². The Morgan fingerprint density at radius 2 is 1.68 bits per heavy atom. The van der Waals surface area contributed by atoms with E-state index in [2.05, 4.69) is 5.32 Å². The SMILES string of the molecule is CCOc1ccc(N2C(=O)c3ccc(C(=O)Nc4cccc(COC(C)C)c4)cc3C2=O)cc1. The van der Waals surface area contributed by atoms with Crippen LogP contribution in [-0.2, 0) is 11.3 Å². The number of carbonyl (C=O) groups is 3. The molecule has 0 fully saturated rings. The van der Waals surface area contributed by atoms with Crippen molar-refractivity contribution in [1.82, 2.24) is 0 Å². The molecule has 0 unspecified atom stereocenters. The molecule has 34 heavy (non-hydrogen) atoms. The van der Waals surface area contributed by atoms with Gasteiger partial charge < -0.3 is 14.8 Å². The summed E-state index contributed by atoms with van der Waals surface area (Å²) in [5, 5.41) is 2.85. The van der Waals surface area contributed by atoms with Crippen molar-refractivity contribution in [1.29, 1.82) is 0 Å². The predicted molar refractivity (Wildman–Crippen MR) is 130 cm³/mol. The monoisotopic (exact) mass is 458 g/mol. The van der Waals surface area contributed by atoms with Crippen molar-refractivity contribution in [3.63, 3.8) is 0 Å². The second kappa shape index (κ2) is 9.89. The van der Waals surface area contributed by atoms with Crippen LogP contribution in [0.15, 0.2) is 66.7 Å². The minimum absolute atomic E-state index is 0.104. The van der Waals surface area contributed by atoms with Crippen LogP contribution in [-0.4, -0.2) is 30.4 Å². The standard InChI is InChI=1S/C27H26N2O5/c1-4-33-22-11-9-21(10-12-22)29-26(31)23-13-8-19(15-24(23)27(29)32)25(30)28-20-7-5-6-18(14-20)16-34-17(2)3/h5-15,17H,4,16H2,1-3H3,(H,28,30). The van der Waals surface area contributed by atoms with Gasteiger partial charge in [0.05, 0.1) is 36.1 Å². The van der Waals surface area contributed by atoms with Crippen LogP contribution in [0.5, 0.6) is 5.75 Å². The van der Waals surface area contributed by atoms with Crippen molar-refractivity contribution in [3.05, 3.63) is 89.0 Å². The van der Waals surface area contributed by atoms with Crippen LogP contribution in [0.3, 0.4) is 0 Å². The molecule has 7 heteroatoms. The summed E-state index contributed by atoms with van der Waals surface area (Å²) in [6.07, 6.45) is 0.104. The van der Waals surface area contributed by atoms with Gasteiger partial charge in [0, 0.05) is 11.3 Å². The molecule has 1 aliphatic heterocycles. The van der Waals surface area contributed by atoms with Crippen LogP contribution in [0.4, 0.5) is 11.4 Å². The maximum atomic E-state index is 13.1. The first-order chi connectivity index (χ1) is 16.4. The average Bonchev–Trinajstić information content (AvgIpc) is 3.08. The molecule has 3 aromatic rings. The Kier molecular flexibility index (Phi) is 6.75. The van der Waals surface area contributed by atoms with Gasteiger partial charge in [-0.15, -0.1) is 0 Å². The lowest BCUT2D eigenvalue weighted by atomic mass is 10.1. The Bertz CT molecular complexity index is 1230. The normalized spacial score (nSPS) is 12.8. The number of rotatable bonds is 8. The van der Waals surface area contributed by atoms with E-state index in [-0.39, 0.29) is 28.7 Å². The summed E-state index contributed by atoms with van der Waals surface area (Å²) < 4.78 is 11.0. The third-order valence-electron chi connectivity index (χ3n) is 5.32. The highest BCUT2D eigenvalue weighted by Crippen LogP contribution is 2.30. The Hall–Kier alpha value is -3.97. The van der Waals surface area contributed by atoms with E-state index in [1.165, 1.54) is 12.1 Å². The smallest absolute Gasteiger partial charge is 0.266 e. The van der Waals surface area contributed by atoms with Crippen LogP contribution in [0, 0.1) is 0 Å². The van der Waals surface area contributed by atoms with Crippen molar-refractivity contribution in [3.8, 4) is 5.75 Å². The molecule has 0 saturated heterocycles. The zero-order valence-corrected chi connectivity index (χ0v) is 19.3. The lowest BCUT2D eigenvalue weighted by Gasteiger charge is -2.14. The number of anilines is 2. The van der Waals surface area contributed by atoms with E-state index in [9.17, 15) is 14.4 Å². The Morgan fingerprint density at radius 3 is 2.38 bits per heavy atom. The molecule has 0 aromatic heterocycles. The Morgan fingerprint density at radius 1 is 0.941 bits per heavy atom. The number of ether oxygens (including phenoxy) is 2. The number of nitrogens with zero attached hydrogens (tertiary/aromatic N) is 1. The van der Waals surface area contributed by atoms with Gasteiger partial charge in [-0.2, -0.15) is 0 Å². The summed E-state index contributed by atoms with van der Waals surface area (Å²) in [6.45, 7) is 6.76. The molecular weight excluding hydrogens is 432 g/mol. The second-order valence-electron chi connectivity index (χ2n) is 8.15. The first-order valence-corrected chi connectivity index (χ1v) is 11.1. The van der Waals surface area contributed by atoms with Crippen molar-refractivity contribution >= 4 is 29.1 Å². The van der Waals surface area contributed by atoms with E-state index in [1.54, 1.807) is 36.4 Å². The number of nitrogens with one attached hydrogen (secondary N) is 1. The van der Waals surface area contributed by atoms with E-state index in [0.717, 1.165) is 10.5 Å². The molecule has 1 heterocycles. The van der Waals surface area contributed by atoms with Gasteiger partial charge in [0.2, 0.25) is 0 Å². The van der Waals surface area contributed by atoms with Crippen molar-refractivity contribution in [2.75, 3.05) is 16.8 Å². The average molecular weight is 459 g/mol. The van der Waals surface area contributed by atoms with Gasteiger partial charge in [0.25, 0.3) is 17.7 Å². The van der Waals surface area contributed by atoms with Crippen molar-refractivity contribution in [2.45, 2.75) is 33.5 Å². The molecule has 174 valence electrons. The van der Waals surface area contributed by atoms with Gasteiger partial charge in [-0.05, 0) is 80.9 Å². The molecular formula is C27H26N2O5. The minimum atomic E-state index is -0.466. The lowest BCUT2D eigenvalue weighted by molar-refractivity contribution is 0.0657. The number of fused-ring (bicyclic) bond motifs is 1. The van der Waals surface area contributed by atoms with Crippen LogP contribution < -0.4 is 15.0 Å². The molecule has 0 radical (unpaired) electrons. The van der Waals surface area contributed by atoms with E-state index in [1.807, 2.05) is 39.0 Å². The molecule has 0 spiro atoms. The van der Waals surface area contributed by atoms with Crippen LogP contribution in [0.25, 0.3) is 0 Å². The Balaban J connectivity index is 1.51. The lowest BCUT2D eigenvalue weighted by Crippen LogP contribution is -2.29. The van der Waals surface area contributed by atoms with Gasteiger partial charge in [0.1, 0.15) is 5.75 Å². The summed E-state index contributed by atoms with van der Waals surface area (Å²) >= 11 is 0. The fraction of sp³-hybridized carbons (Fsp3) is 0.222. The zero-order valence-electron chi connectivity index (χ0n) is 19.3. The highest BCUT2D eigenvalue weighted by atomic mass is 16.5. The fourth-order valence-corrected chi connectivity index (χ4v) is 3.68. The van der Waals surface area contributed by atoms with E-state index in [4.69, 9.17) is 9.47 Å². The zero-order chi connectivity index (χ0) is 24.2. The highest BCUT2D eigenvalue weighted by molar-refractivity contribution is 6.34. The molecule has 0 atom stereocenters. The van der Waals surface area contributed by atoms with Crippen LogP contribution in [0.1, 0.15) is 57.4 Å². The van der Waals surface area contributed by atoms with Gasteiger partial charge in [-0.25, -0.2) is 4.90 Å². The van der Waals surface area contributed by atoms with Gasteiger partial charge in [-0.1, -0.05) is 12.1 Å². The molecule has 3 amide bonds. The minimum Gasteiger partial charge on any atom is -0.494 e. The largest absolute Gasteiger partial charge is 0.494 e.